The lowest BCUT2D eigenvalue weighted by atomic mass is 9.97. The molecule has 40 heavy (non-hydrogen) atoms. The number of carboxylic acids is 1. The standard InChI is InChI=1S/C27H44N4O9/c1-14(2)11-18(30-26(39)21(28-5)15(3)4)25(38)31-19(13-32)22(35)23(36)24(37)27(40)29-17(12-20(33)34)16-9-7-6-8-10-16/h6-10,14-15,17-19,21-24,28,32,35-37H,11-13H2,1-5H3,(H,29,40)(H,30,39)(H,31,38)(H,33,34). The van der Waals surface area contributed by atoms with Crippen LogP contribution in [0.25, 0.3) is 0 Å². The van der Waals surface area contributed by atoms with Gasteiger partial charge in [-0.15, -0.1) is 0 Å². The van der Waals surface area contributed by atoms with E-state index in [2.05, 4.69) is 21.3 Å². The Morgan fingerprint density at radius 1 is 0.825 bits per heavy atom. The molecule has 3 amide bonds. The minimum Gasteiger partial charge on any atom is -0.481 e. The highest BCUT2D eigenvalue weighted by Gasteiger charge is 2.38. The van der Waals surface area contributed by atoms with Crippen LogP contribution in [0, 0.1) is 11.8 Å². The third-order valence-electron chi connectivity index (χ3n) is 6.38. The van der Waals surface area contributed by atoms with Crippen molar-refractivity contribution in [3.05, 3.63) is 35.9 Å². The Labute approximate surface area is 234 Å². The molecule has 13 heteroatoms. The van der Waals surface area contributed by atoms with Gasteiger partial charge in [0.05, 0.1) is 31.2 Å². The molecule has 0 saturated carbocycles. The third kappa shape index (κ3) is 10.8. The number of hydrogen-bond acceptors (Lipinski definition) is 9. The van der Waals surface area contributed by atoms with Gasteiger partial charge in [-0.1, -0.05) is 58.0 Å². The fourth-order valence-electron chi connectivity index (χ4n) is 4.20. The minimum absolute atomic E-state index is 0.0138. The Balaban J connectivity index is 2.97. The lowest BCUT2D eigenvalue weighted by molar-refractivity contribution is -0.145. The number of carboxylic acid groups (broad SMARTS) is 1. The quantitative estimate of drug-likeness (QED) is 0.108. The summed E-state index contributed by atoms with van der Waals surface area (Å²) in [5, 5.41) is 60.9. The molecule has 0 aliphatic heterocycles. The number of likely N-dealkylation sites (N-methyl/N-ethyl adjacent to an activating group) is 1. The number of rotatable bonds is 17. The summed E-state index contributed by atoms with van der Waals surface area (Å²) >= 11 is 0. The highest BCUT2D eigenvalue weighted by Crippen LogP contribution is 2.18. The lowest BCUT2D eigenvalue weighted by Gasteiger charge is -2.31. The molecule has 0 radical (unpaired) electrons. The van der Waals surface area contributed by atoms with Crippen LogP contribution in [0.2, 0.25) is 0 Å². The maximum atomic E-state index is 13.1. The number of hydrogen-bond donors (Lipinski definition) is 9. The summed E-state index contributed by atoms with van der Waals surface area (Å²) in [4.78, 5) is 49.7. The largest absolute Gasteiger partial charge is 0.481 e. The molecule has 0 heterocycles. The zero-order valence-corrected chi connectivity index (χ0v) is 23.6. The predicted octanol–water partition coefficient (Wildman–Crippen LogP) is -1.35. The Morgan fingerprint density at radius 3 is 1.90 bits per heavy atom. The number of nitrogens with one attached hydrogen (secondary N) is 4. The Hall–Kier alpha value is -3.10. The molecule has 0 saturated heterocycles. The van der Waals surface area contributed by atoms with Gasteiger partial charge >= 0.3 is 5.97 Å². The summed E-state index contributed by atoms with van der Waals surface area (Å²) in [5.74, 6) is -3.62. The van der Waals surface area contributed by atoms with Gasteiger partial charge in [0.2, 0.25) is 11.8 Å². The second kappa shape index (κ2) is 16.9. The second-order valence-corrected chi connectivity index (χ2v) is 10.5. The van der Waals surface area contributed by atoms with Crippen molar-refractivity contribution in [2.24, 2.45) is 11.8 Å². The normalized spacial score (nSPS) is 16.8. The average Bonchev–Trinajstić information content (AvgIpc) is 2.89. The maximum absolute atomic E-state index is 13.1. The van der Waals surface area contributed by atoms with Crippen LogP contribution in [0.15, 0.2) is 30.3 Å². The SMILES string of the molecule is CNC(C(=O)NC(CC(C)C)C(=O)NC(CO)C(O)C(O)C(O)C(=O)NC(CC(=O)O)c1ccccc1)C(C)C. The van der Waals surface area contributed by atoms with Gasteiger partial charge in [0.15, 0.2) is 6.10 Å². The van der Waals surface area contributed by atoms with E-state index in [1.807, 2.05) is 27.7 Å². The summed E-state index contributed by atoms with van der Waals surface area (Å²) in [5.41, 5.74) is 0.442. The molecule has 13 nitrogen and oxygen atoms in total. The van der Waals surface area contributed by atoms with Crippen molar-refractivity contribution in [3.8, 4) is 0 Å². The van der Waals surface area contributed by atoms with E-state index in [9.17, 15) is 44.7 Å². The minimum atomic E-state index is -2.23. The van der Waals surface area contributed by atoms with Gasteiger partial charge in [0.25, 0.3) is 5.91 Å². The van der Waals surface area contributed by atoms with Gasteiger partial charge in [-0.25, -0.2) is 0 Å². The van der Waals surface area contributed by atoms with Crippen LogP contribution < -0.4 is 21.3 Å². The van der Waals surface area contributed by atoms with Gasteiger partial charge in [0, 0.05) is 0 Å². The monoisotopic (exact) mass is 568 g/mol. The van der Waals surface area contributed by atoms with Gasteiger partial charge in [-0.2, -0.15) is 0 Å². The number of carbonyl (C=O) groups excluding carboxylic acids is 3. The highest BCUT2D eigenvalue weighted by atomic mass is 16.4. The first-order chi connectivity index (χ1) is 18.7. The van der Waals surface area contributed by atoms with Gasteiger partial charge in [0.1, 0.15) is 18.2 Å². The summed E-state index contributed by atoms with van der Waals surface area (Å²) in [6.45, 7) is 6.49. The predicted molar refractivity (Wildman–Crippen MR) is 146 cm³/mol. The summed E-state index contributed by atoms with van der Waals surface area (Å²) < 4.78 is 0. The molecule has 0 bridgehead atoms. The highest BCUT2D eigenvalue weighted by molar-refractivity contribution is 5.90. The smallest absolute Gasteiger partial charge is 0.305 e. The van der Waals surface area contributed by atoms with Gasteiger partial charge in [-0.05, 0) is 30.9 Å². The first kappa shape index (κ1) is 34.9. The Bertz CT molecular complexity index is 961. The van der Waals surface area contributed by atoms with Crippen LogP contribution in [-0.2, 0) is 19.2 Å². The van der Waals surface area contributed by atoms with E-state index in [1.165, 1.54) is 0 Å². The van der Waals surface area contributed by atoms with Crippen molar-refractivity contribution < 1.29 is 44.7 Å². The van der Waals surface area contributed by atoms with E-state index in [0.717, 1.165) is 0 Å². The van der Waals surface area contributed by atoms with E-state index in [1.54, 1.807) is 37.4 Å². The summed E-state index contributed by atoms with van der Waals surface area (Å²) in [6, 6.07) is 3.98. The molecule has 0 fully saturated rings. The molecule has 1 aromatic carbocycles. The number of benzene rings is 1. The number of amides is 3. The molecule has 1 aromatic rings. The third-order valence-corrected chi connectivity index (χ3v) is 6.38. The van der Waals surface area contributed by atoms with Crippen LogP contribution in [0.1, 0.15) is 52.1 Å². The number of aliphatic hydroxyl groups excluding tert-OH is 4. The van der Waals surface area contributed by atoms with Crippen molar-refractivity contribution in [1.82, 2.24) is 21.3 Å². The summed E-state index contributed by atoms with van der Waals surface area (Å²) in [7, 11) is 1.62. The molecule has 7 unspecified atom stereocenters. The molecule has 0 spiro atoms. The molecular weight excluding hydrogens is 524 g/mol. The lowest BCUT2D eigenvalue weighted by Crippen LogP contribution is -2.60. The maximum Gasteiger partial charge on any atom is 0.305 e. The first-order valence-electron chi connectivity index (χ1n) is 13.2. The van der Waals surface area contributed by atoms with E-state index >= 15 is 0 Å². The average molecular weight is 569 g/mol. The molecule has 9 N–H and O–H groups in total. The first-order valence-corrected chi connectivity index (χ1v) is 13.2. The molecule has 0 aromatic heterocycles. The Kier molecular flexibility index (Phi) is 14.7. The van der Waals surface area contributed by atoms with Crippen LogP contribution in [0.4, 0.5) is 0 Å². The van der Waals surface area contributed by atoms with Crippen LogP contribution >= 0.6 is 0 Å². The summed E-state index contributed by atoms with van der Waals surface area (Å²) in [6.07, 6.45) is -6.66. The van der Waals surface area contributed by atoms with E-state index in [0.29, 0.717) is 5.56 Å². The van der Waals surface area contributed by atoms with Crippen molar-refractivity contribution >= 4 is 23.7 Å². The number of aliphatic hydroxyl groups is 4. The van der Waals surface area contributed by atoms with E-state index in [4.69, 9.17) is 0 Å². The fourth-order valence-corrected chi connectivity index (χ4v) is 4.20. The van der Waals surface area contributed by atoms with Crippen molar-refractivity contribution in [2.45, 2.75) is 83.0 Å². The van der Waals surface area contributed by atoms with Gasteiger partial charge < -0.3 is 46.8 Å². The van der Waals surface area contributed by atoms with E-state index < -0.39 is 79.2 Å². The molecule has 7 atom stereocenters. The van der Waals surface area contributed by atoms with Crippen molar-refractivity contribution in [1.29, 1.82) is 0 Å². The fraction of sp³-hybridized carbons (Fsp3) is 0.630. The van der Waals surface area contributed by atoms with E-state index in [-0.39, 0.29) is 18.3 Å². The molecular formula is C27H44N4O9. The molecule has 1 rings (SSSR count). The number of aliphatic carboxylic acids is 1. The van der Waals surface area contributed by atoms with Crippen molar-refractivity contribution in [3.63, 3.8) is 0 Å². The van der Waals surface area contributed by atoms with Crippen LogP contribution in [0.3, 0.4) is 0 Å². The van der Waals surface area contributed by atoms with Gasteiger partial charge in [-0.3, -0.25) is 19.2 Å². The topological polar surface area (TPSA) is 218 Å². The zero-order valence-electron chi connectivity index (χ0n) is 23.6. The van der Waals surface area contributed by atoms with Crippen molar-refractivity contribution in [2.75, 3.05) is 13.7 Å². The second-order valence-electron chi connectivity index (χ2n) is 10.5. The molecule has 0 aliphatic rings. The Morgan fingerprint density at radius 2 is 1.43 bits per heavy atom. The number of carbonyl (C=O) groups is 4. The van der Waals surface area contributed by atoms with Crippen LogP contribution in [0.5, 0.6) is 0 Å². The zero-order chi connectivity index (χ0) is 30.6. The molecule has 226 valence electrons. The van der Waals surface area contributed by atoms with Crippen LogP contribution in [-0.4, -0.2) is 99.3 Å². The molecule has 0 aliphatic carbocycles.